The van der Waals surface area contributed by atoms with Gasteiger partial charge in [-0.15, -0.1) is 0 Å². The fourth-order valence-corrected chi connectivity index (χ4v) is 4.26. The van der Waals surface area contributed by atoms with Crippen molar-refractivity contribution in [2.45, 2.75) is 50.7 Å². The SMILES string of the molecule is O=C(NS(=O)(=O)CCOC1CCC1)[C@@H]1OC[C@@H]2CCC[C@@H]21. The van der Waals surface area contributed by atoms with Crippen LogP contribution < -0.4 is 4.72 Å². The van der Waals surface area contributed by atoms with Crippen LogP contribution in [0.15, 0.2) is 0 Å². The van der Waals surface area contributed by atoms with Gasteiger partial charge in [0.05, 0.1) is 25.1 Å². The Morgan fingerprint density at radius 2 is 1.95 bits per heavy atom. The Labute approximate surface area is 125 Å². The van der Waals surface area contributed by atoms with Gasteiger partial charge in [0.25, 0.3) is 5.91 Å². The van der Waals surface area contributed by atoms with Gasteiger partial charge in [-0.05, 0) is 43.9 Å². The van der Waals surface area contributed by atoms with Crippen LogP contribution in [0.1, 0.15) is 38.5 Å². The van der Waals surface area contributed by atoms with E-state index >= 15 is 0 Å². The standard InChI is InChI=1S/C14H23NO5S/c16-14(13-12-6-1-3-10(12)9-20-13)15-21(17,18)8-7-19-11-4-2-5-11/h10-13H,1-9H2,(H,15,16)/t10-,12-,13+/m0/s1. The van der Waals surface area contributed by atoms with Crippen molar-refractivity contribution in [3.63, 3.8) is 0 Å². The van der Waals surface area contributed by atoms with E-state index in [2.05, 4.69) is 4.72 Å². The molecule has 120 valence electrons. The van der Waals surface area contributed by atoms with Crippen molar-refractivity contribution in [1.29, 1.82) is 0 Å². The summed E-state index contributed by atoms with van der Waals surface area (Å²) in [6.45, 7) is 0.721. The lowest BCUT2D eigenvalue weighted by Crippen LogP contribution is -2.43. The Hall–Kier alpha value is -0.660. The van der Waals surface area contributed by atoms with Crippen molar-refractivity contribution in [2.75, 3.05) is 19.0 Å². The lowest BCUT2D eigenvalue weighted by molar-refractivity contribution is -0.129. The quantitative estimate of drug-likeness (QED) is 0.784. The van der Waals surface area contributed by atoms with E-state index in [-0.39, 0.29) is 24.4 Å². The van der Waals surface area contributed by atoms with Crippen LogP contribution in [-0.2, 0) is 24.3 Å². The molecular weight excluding hydrogens is 294 g/mol. The highest BCUT2D eigenvalue weighted by molar-refractivity contribution is 7.90. The average molecular weight is 317 g/mol. The molecule has 1 N–H and O–H groups in total. The number of hydrogen-bond acceptors (Lipinski definition) is 5. The van der Waals surface area contributed by atoms with E-state index < -0.39 is 22.0 Å². The zero-order valence-electron chi connectivity index (χ0n) is 12.1. The topological polar surface area (TPSA) is 81.7 Å². The number of fused-ring (bicyclic) bond motifs is 1. The van der Waals surface area contributed by atoms with Gasteiger partial charge in [0.2, 0.25) is 10.0 Å². The third kappa shape index (κ3) is 3.57. The molecule has 0 aromatic rings. The minimum atomic E-state index is -3.63. The van der Waals surface area contributed by atoms with Gasteiger partial charge in [0, 0.05) is 0 Å². The molecule has 1 aliphatic heterocycles. The fraction of sp³-hybridized carbons (Fsp3) is 0.929. The minimum absolute atomic E-state index is 0.144. The first-order chi connectivity index (χ1) is 10.1. The lowest BCUT2D eigenvalue weighted by atomic mass is 9.94. The first-order valence-electron chi connectivity index (χ1n) is 7.83. The predicted octanol–water partition coefficient (Wildman–Crippen LogP) is 0.817. The van der Waals surface area contributed by atoms with E-state index in [1.54, 1.807) is 0 Å². The first kappa shape index (κ1) is 15.2. The third-order valence-corrected chi connectivity index (χ3v) is 6.09. The van der Waals surface area contributed by atoms with Crippen LogP contribution in [0.5, 0.6) is 0 Å². The van der Waals surface area contributed by atoms with Crippen molar-refractivity contribution in [3.05, 3.63) is 0 Å². The Morgan fingerprint density at radius 3 is 2.67 bits per heavy atom. The summed E-state index contributed by atoms with van der Waals surface area (Å²) in [6.07, 6.45) is 5.90. The second-order valence-corrected chi connectivity index (χ2v) is 8.16. The number of hydrogen-bond donors (Lipinski definition) is 1. The van der Waals surface area contributed by atoms with Gasteiger partial charge in [-0.3, -0.25) is 9.52 Å². The summed E-state index contributed by atoms with van der Waals surface area (Å²) in [6, 6.07) is 0. The molecule has 0 aromatic heterocycles. The molecule has 21 heavy (non-hydrogen) atoms. The Bertz CT molecular complexity index is 488. The molecule has 0 spiro atoms. The van der Waals surface area contributed by atoms with Crippen LogP contribution in [0.3, 0.4) is 0 Å². The van der Waals surface area contributed by atoms with E-state index in [0.29, 0.717) is 12.5 Å². The molecule has 1 amide bonds. The van der Waals surface area contributed by atoms with E-state index in [9.17, 15) is 13.2 Å². The van der Waals surface area contributed by atoms with Gasteiger partial charge in [-0.2, -0.15) is 0 Å². The molecule has 2 aliphatic carbocycles. The van der Waals surface area contributed by atoms with Crippen LogP contribution in [-0.4, -0.2) is 45.5 Å². The van der Waals surface area contributed by atoms with Crippen molar-refractivity contribution in [1.82, 2.24) is 4.72 Å². The number of sulfonamides is 1. The van der Waals surface area contributed by atoms with E-state index in [0.717, 1.165) is 38.5 Å². The molecule has 3 aliphatic rings. The number of nitrogens with one attached hydrogen (secondary N) is 1. The smallest absolute Gasteiger partial charge is 0.262 e. The van der Waals surface area contributed by atoms with Gasteiger partial charge >= 0.3 is 0 Å². The zero-order valence-corrected chi connectivity index (χ0v) is 12.9. The molecule has 3 fully saturated rings. The highest BCUT2D eigenvalue weighted by Crippen LogP contribution is 2.40. The van der Waals surface area contributed by atoms with E-state index in [1.807, 2.05) is 0 Å². The van der Waals surface area contributed by atoms with Crippen LogP contribution in [0, 0.1) is 11.8 Å². The van der Waals surface area contributed by atoms with Gasteiger partial charge in [0.15, 0.2) is 0 Å². The average Bonchev–Trinajstić information content (AvgIpc) is 2.93. The molecule has 3 rings (SSSR count). The Kier molecular flexibility index (Phi) is 4.51. The third-order valence-electron chi connectivity index (χ3n) is 4.87. The molecule has 2 saturated carbocycles. The highest BCUT2D eigenvalue weighted by Gasteiger charge is 2.44. The molecule has 7 heteroatoms. The Morgan fingerprint density at radius 1 is 1.19 bits per heavy atom. The summed E-state index contributed by atoms with van der Waals surface area (Å²) in [5, 5.41) is 0. The predicted molar refractivity (Wildman–Crippen MR) is 76.1 cm³/mol. The molecule has 3 atom stereocenters. The molecular formula is C14H23NO5S. The molecule has 0 aromatic carbocycles. The van der Waals surface area contributed by atoms with Crippen molar-refractivity contribution in [3.8, 4) is 0 Å². The van der Waals surface area contributed by atoms with Crippen LogP contribution >= 0.6 is 0 Å². The molecule has 1 saturated heterocycles. The van der Waals surface area contributed by atoms with Crippen molar-refractivity contribution in [2.24, 2.45) is 11.8 Å². The number of rotatable bonds is 6. The van der Waals surface area contributed by atoms with Crippen LogP contribution in [0.25, 0.3) is 0 Å². The molecule has 0 bridgehead atoms. The molecule has 0 radical (unpaired) electrons. The fourth-order valence-electron chi connectivity index (χ4n) is 3.42. The van der Waals surface area contributed by atoms with Crippen LogP contribution in [0.4, 0.5) is 0 Å². The monoisotopic (exact) mass is 317 g/mol. The summed E-state index contributed by atoms with van der Waals surface area (Å²) >= 11 is 0. The largest absolute Gasteiger partial charge is 0.377 e. The van der Waals surface area contributed by atoms with Gasteiger partial charge in [0.1, 0.15) is 6.10 Å². The lowest BCUT2D eigenvalue weighted by Gasteiger charge is -2.25. The highest BCUT2D eigenvalue weighted by atomic mass is 32.2. The normalized spacial score (nSPS) is 32.7. The summed E-state index contributed by atoms with van der Waals surface area (Å²) in [4.78, 5) is 12.1. The second kappa shape index (κ2) is 6.22. The summed E-state index contributed by atoms with van der Waals surface area (Å²) < 4.78 is 36.9. The number of carbonyl (C=O) groups excluding carboxylic acids is 1. The number of amides is 1. The van der Waals surface area contributed by atoms with E-state index in [1.165, 1.54) is 0 Å². The minimum Gasteiger partial charge on any atom is -0.377 e. The Balaban J connectivity index is 1.46. The molecule has 0 unspecified atom stereocenters. The molecule has 6 nitrogen and oxygen atoms in total. The number of carbonyl (C=O) groups is 1. The van der Waals surface area contributed by atoms with Gasteiger partial charge < -0.3 is 9.47 Å². The van der Waals surface area contributed by atoms with Crippen molar-refractivity contribution < 1.29 is 22.7 Å². The second-order valence-electron chi connectivity index (χ2n) is 6.32. The van der Waals surface area contributed by atoms with Gasteiger partial charge in [-0.25, -0.2) is 8.42 Å². The first-order valence-corrected chi connectivity index (χ1v) is 9.48. The van der Waals surface area contributed by atoms with Crippen LogP contribution in [0.2, 0.25) is 0 Å². The zero-order chi connectivity index (χ0) is 14.9. The summed E-state index contributed by atoms with van der Waals surface area (Å²) in [5.74, 6) is -0.0688. The van der Waals surface area contributed by atoms with Gasteiger partial charge in [-0.1, -0.05) is 6.42 Å². The summed E-state index contributed by atoms with van der Waals surface area (Å²) in [7, 11) is -3.63. The van der Waals surface area contributed by atoms with E-state index in [4.69, 9.17) is 9.47 Å². The number of ether oxygens (including phenoxy) is 2. The maximum Gasteiger partial charge on any atom is 0.262 e. The maximum atomic E-state index is 12.1. The summed E-state index contributed by atoms with van der Waals surface area (Å²) in [5.41, 5.74) is 0. The maximum absolute atomic E-state index is 12.1. The molecule has 1 heterocycles. The van der Waals surface area contributed by atoms with Crippen molar-refractivity contribution >= 4 is 15.9 Å².